The number of halogens is 1. The molecule has 5 nitrogen and oxygen atoms in total. The Morgan fingerprint density at radius 3 is 2.77 bits per heavy atom. The number of likely N-dealkylation sites (tertiary alicyclic amines) is 1. The fourth-order valence-corrected chi connectivity index (χ4v) is 4.88. The van der Waals surface area contributed by atoms with E-state index in [1.165, 1.54) is 10.5 Å². The van der Waals surface area contributed by atoms with Crippen molar-refractivity contribution in [2.45, 2.75) is 44.6 Å². The van der Waals surface area contributed by atoms with Crippen LogP contribution in [-0.2, 0) is 12.0 Å². The van der Waals surface area contributed by atoms with E-state index in [-0.39, 0.29) is 5.92 Å². The Labute approximate surface area is 183 Å². The molecule has 1 aliphatic heterocycles. The Balaban J connectivity index is 2.12. The predicted octanol–water partition coefficient (Wildman–Crippen LogP) is 4.89. The van der Waals surface area contributed by atoms with Gasteiger partial charge >= 0.3 is 6.09 Å². The second-order valence-electron chi connectivity index (χ2n) is 8.10. The predicted molar refractivity (Wildman–Crippen MR) is 121 cm³/mol. The highest BCUT2D eigenvalue weighted by atomic mass is 35.5. The third-order valence-corrected chi connectivity index (χ3v) is 6.55. The van der Waals surface area contributed by atoms with Gasteiger partial charge in [-0.2, -0.15) is 0 Å². The Bertz CT molecular complexity index is 889. The molecular weight excluding hydrogens is 400 g/mol. The van der Waals surface area contributed by atoms with Crippen molar-refractivity contribution in [3.63, 3.8) is 0 Å². The summed E-state index contributed by atoms with van der Waals surface area (Å²) in [5, 5.41) is 22.2. The van der Waals surface area contributed by atoms with Gasteiger partial charge in [-0.25, -0.2) is 4.79 Å². The van der Waals surface area contributed by atoms with Gasteiger partial charge in [-0.1, -0.05) is 54.9 Å². The molecule has 1 saturated heterocycles. The van der Waals surface area contributed by atoms with Gasteiger partial charge in [0.2, 0.25) is 0 Å². The van der Waals surface area contributed by atoms with Crippen molar-refractivity contribution in [1.29, 1.82) is 0 Å². The van der Waals surface area contributed by atoms with E-state index in [0.717, 1.165) is 36.0 Å². The normalized spacial score (nSPS) is 18.8. The molecule has 1 unspecified atom stereocenters. The van der Waals surface area contributed by atoms with E-state index in [1.807, 2.05) is 30.3 Å². The summed E-state index contributed by atoms with van der Waals surface area (Å²) < 4.78 is 0. The molecule has 1 amide bonds. The fourth-order valence-electron chi connectivity index (χ4n) is 4.60. The maximum atomic E-state index is 12.1. The second-order valence-corrected chi connectivity index (χ2v) is 8.51. The molecular formula is C24H31ClN2O3. The number of carbonyl (C=O) groups is 1. The summed E-state index contributed by atoms with van der Waals surface area (Å²) in [7, 11) is 0. The number of amides is 1. The van der Waals surface area contributed by atoms with Crippen LogP contribution in [0.5, 0.6) is 0 Å². The van der Waals surface area contributed by atoms with Crippen molar-refractivity contribution in [2.75, 3.05) is 19.6 Å². The summed E-state index contributed by atoms with van der Waals surface area (Å²) in [6.45, 7) is 3.36. The molecule has 1 heterocycles. The monoisotopic (exact) mass is 430 g/mol. The van der Waals surface area contributed by atoms with Gasteiger partial charge in [0.25, 0.3) is 0 Å². The molecule has 3 rings (SSSR count). The van der Waals surface area contributed by atoms with Crippen LogP contribution in [0.25, 0.3) is 11.1 Å². The summed E-state index contributed by atoms with van der Waals surface area (Å²) in [4.78, 5) is 13.0. The lowest BCUT2D eigenvalue weighted by Crippen LogP contribution is -2.48. The third-order valence-electron chi connectivity index (χ3n) is 6.23. The largest absolute Gasteiger partial charge is 0.465 e. The molecule has 30 heavy (non-hydrogen) atoms. The third kappa shape index (κ3) is 4.64. The molecule has 4 N–H and O–H groups in total. The van der Waals surface area contributed by atoms with Crippen LogP contribution < -0.4 is 5.73 Å². The molecule has 2 aromatic carbocycles. The summed E-state index contributed by atoms with van der Waals surface area (Å²) >= 11 is 6.68. The van der Waals surface area contributed by atoms with Gasteiger partial charge in [0, 0.05) is 29.6 Å². The molecule has 0 spiro atoms. The molecule has 6 heteroatoms. The first-order chi connectivity index (χ1) is 14.4. The minimum Gasteiger partial charge on any atom is -0.465 e. The fraction of sp³-hybridized carbons (Fsp3) is 0.458. The van der Waals surface area contributed by atoms with Gasteiger partial charge in [-0.15, -0.1) is 0 Å². The summed E-state index contributed by atoms with van der Waals surface area (Å²) in [5.41, 5.74) is 8.32. The first kappa shape index (κ1) is 22.6. The van der Waals surface area contributed by atoms with Gasteiger partial charge in [0.15, 0.2) is 0 Å². The van der Waals surface area contributed by atoms with Crippen molar-refractivity contribution < 1.29 is 15.0 Å². The Morgan fingerprint density at radius 1 is 1.30 bits per heavy atom. The molecule has 0 bridgehead atoms. The lowest BCUT2D eigenvalue weighted by Gasteiger charge is -2.43. The SMILES string of the molecule is CCc1cccc(-c2c(Cl)cccc2C(O)(CCCN)[C@@H]2CCCN(C(=O)O)C2)c1. The Hall–Kier alpha value is -2.08. The zero-order valence-electron chi connectivity index (χ0n) is 17.5. The number of carboxylic acid groups (broad SMARTS) is 1. The number of benzene rings is 2. The molecule has 0 aliphatic carbocycles. The number of nitrogens with zero attached hydrogens (tertiary/aromatic N) is 1. The van der Waals surface area contributed by atoms with Gasteiger partial charge < -0.3 is 20.8 Å². The topological polar surface area (TPSA) is 86.8 Å². The minimum atomic E-state index is -1.21. The maximum absolute atomic E-state index is 12.1. The van der Waals surface area contributed by atoms with Crippen LogP contribution in [-0.4, -0.2) is 40.8 Å². The van der Waals surface area contributed by atoms with Crippen molar-refractivity contribution in [3.05, 3.63) is 58.6 Å². The van der Waals surface area contributed by atoms with Crippen LogP contribution in [0.1, 0.15) is 43.7 Å². The standard InChI is InChI=1S/C24H31ClN2O3/c1-2-17-7-3-8-18(15-17)22-20(10-4-11-21(22)25)24(30,12-6-13-26)19-9-5-14-27(16-19)23(28)29/h3-4,7-8,10-11,15,19,30H,2,5-6,9,12-14,16,26H2,1H3,(H,28,29)/t19-,24?/m1/s1. The number of aliphatic hydroxyl groups is 1. The first-order valence-electron chi connectivity index (χ1n) is 10.7. The number of aryl methyl sites for hydroxylation is 1. The van der Waals surface area contributed by atoms with Crippen molar-refractivity contribution in [2.24, 2.45) is 11.7 Å². The molecule has 1 fully saturated rings. The van der Waals surface area contributed by atoms with Crippen LogP contribution in [0.3, 0.4) is 0 Å². The highest BCUT2D eigenvalue weighted by Gasteiger charge is 2.42. The van der Waals surface area contributed by atoms with Crippen molar-refractivity contribution in [1.82, 2.24) is 4.90 Å². The number of hydrogen-bond donors (Lipinski definition) is 3. The maximum Gasteiger partial charge on any atom is 0.407 e. The Morgan fingerprint density at radius 2 is 2.07 bits per heavy atom. The van der Waals surface area contributed by atoms with Gasteiger partial charge in [-0.05, 0) is 61.4 Å². The molecule has 2 atom stereocenters. The van der Waals surface area contributed by atoms with Crippen LogP contribution >= 0.6 is 11.6 Å². The van der Waals surface area contributed by atoms with Crippen LogP contribution in [0.2, 0.25) is 5.02 Å². The zero-order chi connectivity index (χ0) is 21.7. The smallest absolute Gasteiger partial charge is 0.407 e. The second kappa shape index (κ2) is 9.82. The summed E-state index contributed by atoms with van der Waals surface area (Å²) in [6.07, 6.45) is 2.54. The molecule has 0 aromatic heterocycles. The van der Waals surface area contributed by atoms with E-state index in [2.05, 4.69) is 19.1 Å². The first-order valence-corrected chi connectivity index (χ1v) is 11.1. The number of hydrogen-bond acceptors (Lipinski definition) is 3. The van der Waals surface area contributed by atoms with Gasteiger partial charge in [-0.3, -0.25) is 0 Å². The van der Waals surface area contributed by atoms with Gasteiger partial charge in [0.05, 0.1) is 5.60 Å². The van der Waals surface area contributed by atoms with Crippen molar-refractivity contribution >= 4 is 17.7 Å². The minimum absolute atomic E-state index is 0.222. The van der Waals surface area contributed by atoms with Crippen molar-refractivity contribution in [3.8, 4) is 11.1 Å². The average Bonchev–Trinajstić information content (AvgIpc) is 2.77. The Kier molecular flexibility index (Phi) is 7.40. The summed E-state index contributed by atoms with van der Waals surface area (Å²) in [6, 6.07) is 13.8. The van der Waals surface area contributed by atoms with E-state index in [9.17, 15) is 15.0 Å². The lowest BCUT2D eigenvalue weighted by molar-refractivity contribution is -0.0567. The van der Waals surface area contributed by atoms with E-state index < -0.39 is 11.7 Å². The van der Waals surface area contributed by atoms with Crippen LogP contribution in [0, 0.1) is 5.92 Å². The van der Waals surface area contributed by atoms with E-state index in [0.29, 0.717) is 37.5 Å². The number of piperidine rings is 1. The number of nitrogens with two attached hydrogens (primary N) is 1. The molecule has 0 radical (unpaired) electrons. The summed E-state index contributed by atoms with van der Waals surface area (Å²) in [5.74, 6) is -0.222. The highest BCUT2D eigenvalue weighted by Crippen LogP contribution is 2.45. The average molecular weight is 431 g/mol. The van der Waals surface area contributed by atoms with Gasteiger partial charge in [0.1, 0.15) is 0 Å². The van der Waals surface area contributed by atoms with Crippen LogP contribution in [0.4, 0.5) is 4.79 Å². The molecule has 2 aromatic rings. The lowest BCUT2D eigenvalue weighted by atomic mass is 9.72. The molecule has 162 valence electrons. The van der Waals surface area contributed by atoms with E-state index in [4.69, 9.17) is 17.3 Å². The number of rotatable bonds is 7. The highest BCUT2D eigenvalue weighted by molar-refractivity contribution is 6.33. The molecule has 0 saturated carbocycles. The van der Waals surface area contributed by atoms with E-state index >= 15 is 0 Å². The van der Waals surface area contributed by atoms with E-state index in [1.54, 1.807) is 0 Å². The zero-order valence-corrected chi connectivity index (χ0v) is 18.2. The molecule has 1 aliphatic rings. The quantitative estimate of drug-likeness (QED) is 0.583. The van der Waals surface area contributed by atoms with Crippen LogP contribution in [0.15, 0.2) is 42.5 Å².